The number of benzene rings is 3. The van der Waals surface area contributed by atoms with Gasteiger partial charge in [0.2, 0.25) is 6.29 Å². The number of aromatic nitrogens is 1. The van der Waals surface area contributed by atoms with Crippen molar-refractivity contribution in [2.24, 2.45) is 23.1 Å². The van der Waals surface area contributed by atoms with E-state index >= 15 is 0 Å². The third-order valence-corrected chi connectivity index (χ3v) is 17.9. The van der Waals surface area contributed by atoms with Crippen molar-refractivity contribution < 1.29 is 34.3 Å². The van der Waals surface area contributed by atoms with Crippen molar-refractivity contribution in [3.8, 4) is 0 Å². The number of H-pyrrole nitrogens is 1. The van der Waals surface area contributed by atoms with Gasteiger partial charge in [0.25, 0.3) is 0 Å². The number of aliphatic hydroxyl groups excluding tert-OH is 2. The number of hydrogen-bond acceptors (Lipinski definition) is 15. The Hall–Kier alpha value is -3.95. The average Bonchev–Trinajstić information content (AvgIpc) is 3.77. The van der Waals surface area contributed by atoms with Crippen LogP contribution in [0.2, 0.25) is 0 Å². The number of fused-ring (bicyclic) bond motifs is 4. The van der Waals surface area contributed by atoms with Crippen molar-refractivity contribution in [2.75, 3.05) is 72.0 Å². The second-order valence-electron chi connectivity index (χ2n) is 22.6. The van der Waals surface area contributed by atoms with E-state index in [0.717, 1.165) is 24.9 Å². The molecule has 4 aromatic rings. The van der Waals surface area contributed by atoms with Crippen LogP contribution in [0.15, 0.2) is 90.3 Å². The summed E-state index contributed by atoms with van der Waals surface area (Å²) in [5, 5.41) is 40.3. The van der Waals surface area contributed by atoms with Gasteiger partial charge in [0, 0.05) is 60.8 Å². The third-order valence-electron chi connectivity index (χ3n) is 17.1. The molecule has 16 heteroatoms. The van der Waals surface area contributed by atoms with Gasteiger partial charge in [0.1, 0.15) is 35.8 Å². The van der Waals surface area contributed by atoms with Gasteiger partial charge in [-0.25, -0.2) is 0 Å². The molecule has 0 amide bonds. The minimum atomic E-state index is -1.28. The molecule has 4 aliphatic heterocycles. The van der Waals surface area contributed by atoms with Gasteiger partial charge in [0.15, 0.2) is 6.29 Å². The molecular weight excluding hydrogens is 989 g/mol. The highest BCUT2D eigenvalue weighted by Crippen LogP contribution is 2.45. The molecule has 7 aliphatic rings. The van der Waals surface area contributed by atoms with Crippen molar-refractivity contribution >= 4 is 40.4 Å². The maximum Gasteiger partial charge on any atom is 0.215 e. The van der Waals surface area contributed by atoms with Crippen LogP contribution in [0.3, 0.4) is 0 Å². The van der Waals surface area contributed by atoms with Crippen LogP contribution in [-0.2, 0) is 25.4 Å². The lowest BCUT2D eigenvalue weighted by Crippen LogP contribution is -2.69. The van der Waals surface area contributed by atoms with Gasteiger partial charge in [-0.2, -0.15) is 11.8 Å². The summed E-state index contributed by atoms with van der Waals surface area (Å²) >= 11 is 2.01. The number of aliphatic hydroxyl groups is 3. The Balaban J connectivity index is 0.000000145. The number of likely N-dealkylation sites (N-methyl/N-ethyl adjacent to an activating group) is 2. The summed E-state index contributed by atoms with van der Waals surface area (Å²) in [5.41, 5.74) is 30.0. The third kappa shape index (κ3) is 12.8. The molecule has 1 aromatic heterocycles. The second-order valence-corrected chi connectivity index (χ2v) is 23.5. The molecule has 2 unspecified atom stereocenters. The second kappa shape index (κ2) is 26.1. The largest absolute Gasteiger partial charge is 0.467 e. The monoisotopic (exact) mass is 1080 g/mol. The summed E-state index contributed by atoms with van der Waals surface area (Å²) in [6.07, 6.45) is 12.2. The number of thioether (sulfide) groups is 1. The number of nitrogens with zero attached hydrogens (tertiary/aromatic N) is 2. The van der Waals surface area contributed by atoms with Crippen LogP contribution < -0.4 is 27.8 Å². The lowest BCUT2D eigenvalue weighted by Gasteiger charge is -2.49. The van der Waals surface area contributed by atoms with Gasteiger partial charge in [-0.3, -0.25) is 4.90 Å². The standard InChI is InChI=1S/C21H41N5O7.C21H21N.C19H26N2S/c1-4-26-13-7-12(24)16(32-19-11(23)6-5-10(8-22)31-19)14(27)17(13)33-20-15(28)18(25-3)21(2,29)9-30-20;1-22-14-12-18(13-15-22)21-19-8-4-2-6-16(19)10-11-17-7-3-5-9-20(17)21;1-3-7-21-11-13(12-22-2)8-16-15-5-4-6-17-19(15)14(10-20-17)9-18(16)21/h5,11-20,25-29H,4,6-9,22-24H2,1-3H3;2-11H,12-15H2,1H3;4-6,10,13,16,18,20H,3,7-9,11-12H2,1-2H3/t11?,12-,13+,14-,15+,16+,17-,18+,19?,20+,21-;;13-,16-,18-/m0.1/s1. The highest BCUT2D eigenvalue weighted by molar-refractivity contribution is 7.98. The summed E-state index contributed by atoms with van der Waals surface area (Å²) in [6.45, 7) is 11.5. The topological polar surface area (TPSA) is 222 Å². The molecule has 12 N–H and O–H groups in total. The predicted octanol–water partition coefficient (Wildman–Crippen LogP) is 5.77. The molecule has 420 valence electrons. The fraction of sp³-hybridized carbons (Fsp3) is 0.574. The molecular formula is C61H88N8O7S. The fourth-order valence-electron chi connectivity index (χ4n) is 13.2. The molecule has 4 fully saturated rings. The molecule has 5 heterocycles. The van der Waals surface area contributed by atoms with Gasteiger partial charge in [-0.05, 0) is 148 Å². The molecule has 11 rings (SSSR count). The Kier molecular flexibility index (Phi) is 19.6. The molecule has 14 atom stereocenters. The van der Waals surface area contributed by atoms with Crippen LogP contribution in [0.5, 0.6) is 0 Å². The number of nitrogens with one attached hydrogen (secondary N) is 3. The Bertz CT molecular complexity index is 2620. The Morgan fingerprint density at radius 3 is 2.26 bits per heavy atom. The molecule has 3 aliphatic carbocycles. The average molecular weight is 1080 g/mol. The van der Waals surface area contributed by atoms with Gasteiger partial charge in [0.05, 0.1) is 25.2 Å². The van der Waals surface area contributed by atoms with E-state index in [1.165, 1.54) is 95.2 Å². The Morgan fingerprint density at radius 2 is 1.60 bits per heavy atom. The van der Waals surface area contributed by atoms with Crippen LogP contribution in [-0.4, -0.2) is 175 Å². The van der Waals surface area contributed by atoms with Crippen molar-refractivity contribution in [3.05, 3.63) is 124 Å². The molecule has 1 saturated carbocycles. The normalized spacial score (nSPS) is 33.0. The molecule has 3 aromatic carbocycles. The maximum atomic E-state index is 11.3. The van der Waals surface area contributed by atoms with Crippen molar-refractivity contribution in [2.45, 2.75) is 144 Å². The first-order chi connectivity index (χ1) is 37.3. The van der Waals surface area contributed by atoms with E-state index in [1.54, 1.807) is 25.1 Å². The van der Waals surface area contributed by atoms with E-state index in [-0.39, 0.29) is 19.2 Å². The number of ether oxygens (including phenoxy) is 4. The van der Waals surface area contributed by atoms with Gasteiger partial charge in [-0.15, -0.1) is 0 Å². The van der Waals surface area contributed by atoms with Crippen molar-refractivity contribution in [3.63, 3.8) is 0 Å². The zero-order valence-electron chi connectivity index (χ0n) is 46.3. The Morgan fingerprint density at radius 1 is 0.896 bits per heavy atom. The number of aromatic amines is 1. The lowest BCUT2D eigenvalue weighted by atomic mass is 9.72. The first kappa shape index (κ1) is 57.7. The first-order valence-electron chi connectivity index (χ1n) is 28.3. The number of rotatable bonds is 12. The number of piperidine rings is 2. The first-order valence-corrected chi connectivity index (χ1v) is 29.7. The smallest absolute Gasteiger partial charge is 0.215 e. The van der Waals surface area contributed by atoms with Gasteiger partial charge in [-0.1, -0.05) is 92.2 Å². The summed E-state index contributed by atoms with van der Waals surface area (Å²) in [4.78, 5) is 8.71. The molecule has 0 bridgehead atoms. The van der Waals surface area contributed by atoms with Crippen molar-refractivity contribution in [1.82, 2.24) is 25.4 Å². The molecule has 0 spiro atoms. The number of nitrogens with two attached hydrogens (primary N) is 3. The molecule has 0 radical (unpaired) electrons. The SMILES string of the molecule is CCCN1C[C@H](CSC)C[C@@H]2c3cccc4[nH]cc(c34)C[C@H]21.CCN[C@@H]1C[C@H](N)[C@@H](OC2OC(CN)=CCC2N)[C@H](O)[C@H]1O[C@H]1OC[C@](C)(O)[C@H](NC)[C@H]1O.CN1CCC(=C2c3ccccc3C=Cc3ccccc32)CC1. The van der Waals surface area contributed by atoms with E-state index in [4.69, 9.17) is 36.1 Å². The number of likely N-dealkylation sites (tertiary alicyclic amines) is 2. The lowest BCUT2D eigenvalue weighted by molar-refractivity contribution is -0.304. The van der Waals surface area contributed by atoms with Crippen LogP contribution >= 0.6 is 11.8 Å². The molecule has 15 nitrogen and oxygen atoms in total. The van der Waals surface area contributed by atoms with Crippen LogP contribution in [0, 0.1) is 5.92 Å². The van der Waals surface area contributed by atoms with Crippen molar-refractivity contribution in [1.29, 1.82) is 0 Å². The fourth-order valence-corrected chi connectivity index (χ4v) is 14.0. The van der Waals surface area contributed by atoms with Crippen LogP contribution in [0.1, 0.15) is 98.6 Å². The molecule has 77 heavy (non-hydrogen) atoms. The summed E-state index contributed by atoms with van der Waals surface area (Å²) < 4.78 is 23.6. The molecule has 3 saturated heterocycles. The summed E-state index contributed by atoms with van der Waals surface area (Å²) in [7, 11) is 3.86. The van der Waals surface area contributed by atoms with E-state index in [1.807, 2.05) is 24.8 Å². The quantitative estimate of drug-likeness (QED) is 0.0725. The highest BCUT2D eigenvalue weighted by Gasteiger charge is 2.51. The van der Waals surface area contributed by atoms with Crippen LogP contribution in [0.25, 0.3) is 28.6 Å². The maximum absolute atomic E-state index is 11.3. The minimum Gasteiger partial charge on any atom is -0.467 e. The highest BCUT2D eigenvalue weighted by atomic mass is 32.2. The Labute approximate surface area is 461 Å². The van der Waals surface area contributed by atoms with Crippen LogP contribution in [0.4, 0.5) is 0 Å². The van der Waals surface area contributed by atoms with Gasteiger partial charge >= 0.3 is 0 Å². The summed E-state index contributed by atoms with van der Waals surface area (Å²) in [6, 6.07) is 23.2. The van der Waals surface area contributed by atoms with E-state index < -0.39 is 60.7 Å². The zero-order valence-corrected chi connectivity index (χ0v) is 47.1. The van der Waals surface area contributed by atoms with Gasteiger partial charge < -0.3 is 72.0 Å². The van der Waals surface area contributed by atoms with E-state index in [0.29, 0.717) is 31.2 Å². The summed E-state index contributed by atoms with van der Waals surface area (Å²) in [5.74, 6) is 3.45. The number of hydrogen-bond donors (Lipinski definition) is 9. The van der Waals surface area contributed by atoms with E-state index in [9.17, 15) is 15.3 Å². The minimum absolute atomic E-state index is 0.0483. The van der Waals surface area contributed by atoms with E-state index in [2.05, 4.69) is 131 Å². The predicted molar refractivity (Wildman–Crippen MR) is 311 cm³/mol. The zero-order chi connectivity index (χ0) is 54.4.